The van der Waals surface area contributed by atoms with Gasteiger partial charge in [-0.3, -0.25) is 4.79 Å². The zero-order valence-electron chi connectivity index (χ0n) is 10.4. The van der Waals surface area contributed by atoms with Crippen LogP contribution in [0, 0.1) is 11.3 Å². The molecule has 1 aromatic rings. The lowest BCUT2D eigenvalue weighted by Gasteiger charge is -2.41. The Hall–Kier alpha value is -1.74. The van der Waals surface area contributed by atoms with Gasteiger partial charge in [-0.1, -0.05) is 11.8 Å². The number of nitrogens with two attached hydrogens (primary N) is 1. The van der Waals surface area contributed by atoms with E-state index in [0.29, 0.717) is 16.5 Å². The van der Waals surface area contributed by atoms with Crippen molar-refractivity contribution in [2.24, 2.45) is 5.73 Å². The number of carbonyl (C=O) groups is 1. The smallest absolute Gasteiger partial charge is 0.227 e. The highest BCUT2D eigenvalue weighted by molar-refractivity contribution is 8.00. The predicted molar refractivity (Wildman–Crippen MR) is 73.1 cm³/mol. The zero-order chi connectivity index (χ0) is 13.4. The molecule has 1 saturated heterocycles. The molecule has 98 valence electrons. The number of pyridine rings is 1. The van der Waals surface area contributed by atoms with E-state index in [-0.39, 0.29) is 5.75 Å². The number of primary amides is 1. The fourth-order valence-electron chi connectivity index (χ4n) is 2.79. The van der Waals surface area contributed by atoms with Crippen LogP contribution in [0.15, 0.2) is 11.1 Å². The minimum absolute atomic E-state index is 0.157. The number of nitrogens with zero attached hydrogens (tertiary/aromatic N) is 3. The fraction of sp³-hybridized carbons (Fsp3) is 0.462. The molecule has 1 amide bonds. The molecule has 3 aliphatic heterocycles. The number of nitriles is 1. The van der Waals surface area contributed by atoms with E-state index in [9.17, 15) is 10.1 Å². The summed E-state index contributed by atoms with van der Waals surface area (Å²) in [6, 6.07) is 4.12. The van der Waals surface area contributed by atoms with E-state index in [0.717, 1.165) is 31.7 Å². The van der Waals surface area contributed by atoms with E-state index < -0.39 is 5.91 Å². The monoisotopic (exact) mass is 274 g/mol. The molecule has 0 radical (unpaired) electrons. The molecule has 0 saturated carbocycles. The average Bonchev–Trinajstić information content (AvgIpc) is 2.45. The Morgan fingerprint density at radius 3 is 2.95 bits per heavy atom. The molecule has 0 spiro atoms. The summed E-state index contributed by atoms with van der Waals surface area (Å²) >= 11 is 1.25. The third kappa shape index (κ3) is 2.15. The van der Waals surface area contributed by atoms with Gasteiger partial charge in [0.25, 0.3) is 0 Å². The van der Waals surface area contributed by atoms with Crippen molar-refractivity contribution in [2.75, 3.05) is 23.7 Å². The lowest BCUT2D eigenvalue weighted by atomic mass is 9.84. The molecule has 4 rings (SSSR count). The molecule has 6 heteroatoms. The molecular formula is C13H14N4OS. The lowest BCUT2D eigenvalue weighted by Crippen LogP contribution is -2.39. The van der Waals surface area contributed by atoms with E-state index >= 15 is 0 Å². The van der Waals surface area contributed by atoms with Crippen LogP contribution in [0.1, 0.15) is 29.9 Å². The first-order valence-electron chi connectivity index (χ1n) is 6.30. The molecule has 0 atom stereocenters. The molecule has 4 heterocycles. The molecule has 0 aromatic carbocycles. The first-order valence-corrected chi connectivity index (χ1v) is 7.28. The Balaban J connectivity index is 2.00. The Labute approximate surface area is 115 Å². The SMILES string of the molecule is N#Cc1cc2c(nc1SCC(N)=O)N1CCC2CC1. The second-order valence-electron chi connectivity index (χ2n) is 4.88. The van der Waals surface area contributed by atoms with Gasteiger partial charge in [-0.2, -0.15) is 5.26 Å². The normalized spacial score (nSPS) is 17.1. The quantitative estimate of drug-likeness (QED) is 0.838. The maximum absolute atomic E-state index is 10.9. The van der Waals surface area contributed by atoms with Crippen molar-refractivity contribution in [3.05, 3.63) is 17.2 Å². The van der Waals surface area contributed by atoms with Crippen LogP contribution < -0.4 is 10.6 Å². The van der Waals surface area contributed by atoms with E-state index in [1.807, 2.05) is 6.07 Å². The maximum atomic E-state index is 10.9. The van der Waals surface area contributed by atoms with Crippen LogP contribution in [-0.4, -0.2) is 29.7 Å². The van der Waals surface area contributed by atoms with Crippen LogP contribution in [0.3, 0.4) is 0 Å². The highest BCUT2D eigenvalue weighted by atomic mass is 32.2. The summed E-state index contributed by atoms with van der Waals surface area (Å²) in [6.07, 6.45) is 2.29. The molecular weight excluding hydrogens is 260 g/mol. The Morgan fingerprint density at radius 2 is 2.32 bits per heavy atom. The van der Waals surface area contributed by atoms with Gasteiger partial charge in [-0.25, -0.2) is 4.98 Å². The van der Waals surface area contributed by atoms with Crippen molar-refractivity contribution in [1.82, 2.24) is 4.98 Å². The van der Waals surface area contributed by atoms with Crippen molar-refractivity contribution < 1.29 is 4.79 Å². The highest BCUT2D eigenvalue weighted by Crippen LogP contribution is 2.42. The van der Waals surface area contributed by atoms with Gasteiger partial charge < -0.3 is 10.6 Å². The maximum Gasteiger partial charge on any atom is 0.227 e. The van der Waals surface area contributed by atoms with E-state index in [2.05, 4.69) is 16.0 Å². The molecule has 2 bridgehead atoms. The zero-order valence-corrected chi connectivity index (χ0v) is 11.2. The minimum Gasteiger partial charge on any atom is -0.369 e. The Bertz CT molecular complexity index is 573. The second-order valence-corrected chi connectivity index (χ2v) is 5.85. The third-order valence-corrected chi connectivity index (χ3v) is 4.72. The number of amides is 1. The van der Waals surface area contributed by atoms with Gasteiger partial charge in [-0.15, -0.1) is 0 Å². The van der Waals surface area contributed by atoms with Gasteiger partial charge in [0.1, 0.15) is 16.9 Å². The second kappa shape index (κ2) is 4.74. The van der Waals surface area contributed by atoms with Crippen LogP contribution in [-0.2, 0) is 4.79 Å². The van der Waals surface area contributed by atoms with Crippen molar-refractivity contribution in [2.45, 2.75) is 23.8 Å². The van der Waals surface area contributed by atoms with Crippen molar-refractivity contribution >= 4 is 23.5 Å². The van der Waals surface area contributed by atoms with E-state index in [4.69, 9.17) is 5.73 Å². The van der Waals surface area contributed by atoms with E-state index in [1.165, 1.54) is 17.3 Å². The molecule has 5 nitrogen and oxygen atoms in total. The van der Waals surface area contributed by atoms with Crippen LogP contribution in [0.5, 0.6) is 0 Å². The minimum atomic E-state index is -0.393. The molecule has 1 fully saturated rings. The van der Waals surface area contributed by atoms with Gasteiger partial charge in [0.15, 0.2) is 0 Å². The fourth-order valence-corrected chi connectivity index (χ4v) is 3.48. The summed E-state index contributed by atoms with van der Waals surface area (Å²) in [7, 11) is 0. The lowest BCUT2D eigenvalue weighted by molar-refractivity contribution is -0.115. The third-order valence-electron chi connectivity index (χ3n) is 3.70. The van der Waals surface area contributed by atoms with Crippen LogP contribution >= 0.6 is 11.8 Å². The van der Waals surface area contributed by atoms with Gasteiger partial charge >= 0.3 is 0 Å². The molecule has 2 N–H and O–H groups in total. The number of thioether (sulfide) groups is 1. The summed E-state index contributed by atoms with van der Waals surface area (Å²) in [4.78, 5) is 17.7. The topological polar surface area (TPSA) is 83.0 Å². The number of hydrogen-bond acceptors (Lipinski definition) is 5. The first-order chi connectivity index (χ1) is 9.19. The molecule has 0 unspecified atom stereocenters. The van der Waals surface area contributed by atoms with Crippen LogP contribution in [0.25, 0.3) is 0 Å². The van der Waals surface area contributed by atoms with Crippen molar-refractivity contribution in [3.8, 4) is 6.07 Å². The summed E-state index contributed by atoms with van der Waals surface area (Å²) < 4.78 is 0. The van der Waals surface area contributed by atoms with Gasteiger partial charge in [0.2, 0.25) is 5.91 Å². The summed E-state index contributed by atoms with van der Waals surface area (Å²) in [5.41, 5.74) is 6.90. The van der Waals surface area contributed by atoms with Crippen LogP contribution in [0.4, 0.5) is 5.82 Å². The largest absolute Gasteiger partial charge is 0.369 e. The average molecular weight is 274 g/mol. The van der Waals surface area contributed by atoms with Crippen LogP contribution in [0.2, 0.25) is 0 Å². The van der Waals surface area contributed by atoms with E-state index in [1.54, 1.807) is 0 Å². The summed E-state index contributed by atoms with van der Waals surface area (Å²) in [6.45, 7) is 2.08. The summed E-state index contributed by atoms with van der Waals surface area (Å²) in [5, 5.41) is 9.84. The number of hydrogen-bond donors (Lipinski definition) is 1. The van der Waals surface area contributed by atoms with Gasteiger partial charge in [0, 0.05) is 13.1 Å². The highest BCUT2D eigenvalue weighted by Gasteiger charge is 2.32. The molecule has 3 aliphatic rings. The number of fused-ring (bicyclic) bond motifs is 2. The summed E-state index contributed by atoms with van der Waals surface area (Å²) in [5.74, 6) is 1.29. The number of anilines is 1. The molecule has 1 aromatic heterocycles. The van der Waals surface area contributed by atoms with Gasteiger partial charge in [-0.05, 0) is 30.4 Å². The molecule has 19 heavy (non-hydrogen) atoms. The molecule has 0 aliphatic carbocycles. The standard InChI is InChI=1S/C13H14N4OS/c14-6-9-5-10-8-1-3-17(4-2-8)12(10)16-13(9)19-7-11(15)18/h5,8H,1-4,7H2,(H2,15,18). The number of aromatic nitrogens is 1. The Morgan fingerprint density at radius 1 is 1.58 bits per heavy atom. The first kappa shape index (κ1) is 12.3. The number of piperidine rings is 1. The predicted octanol–water partition coefficient (Wildman–Crippen LogP) is 1.23. The van der Waals surface area contributed by atoms with Crippen molar-refractivity contribution in [1.29, 1.82) is 5.26 Å². The number of rotatable bonds is 3. The Kier molecular flexibility index (Phi) is 3.07. The van der Waals surface area contributed by atoms with Gasteiger partial charge in [0.05, 0.1) is 11.3 Å². The van der Waals surface area contributed by atoms with Crippen molar-refractivity contribution in [3.63, 3.8) is 0 Å². The number of carbonyl (C=O) groups excluding carboxylic acids is 1.